The van der Waals surface area contributed by atoms with Gasteiger partial charge in [-0.3, -0.25) is 4.79 Å². The van der Waals surface area contributed by atoms with Crippen molar-refractivity contribution in [2.24, 2.45) is 0 Å². The van der Waals surface area contributed by atoms with Gasteiger partial charge in [-0.05, 0) is 37.4 Å². The number of nitrogens with zero attached hydrogens (tertiary/aromatic N) is 1. The van der Waals surface area contributed by atoms with Gasteiger partial charge in [-0.2, -0.15) is 0 Å². The van der Waals surface area contributed by atoms with Crippen molar-refractivity contribution in [3.05, 3.63) is 24.3 Å². The highest BCUT2D eigenvalue weighted by molar-refractivity contribution is 7.99. The van der Waals surface area contributed by atoms with Gasteiger partial charge in [0.1, 0.15) is 0 Å². The van der Waals surface area contributed by atoms with E-state index in [-0.39, 0.29) is 5.91 Å². The SMILES string of the molecule is CCN(CC)CCSc1ccc(NC(C)=O)cc1. The minimum absolute atomic E-state index is 0.0306. The average molecular weight is 266 g/mol. The first-order valence-corrected chi connectivity index (χ1v) is 7.37. The molecule has 4 heteroatoms. The number of hydrogen-bond donors (Lipinski definition) is 1. The Morgan fingerprint density at radius 2 is 1.83 bits per heavy atom. The predicted molar refractivity (Wildman–Crippen MR) is 79.3 cm³/mol. The molecule has 3 nitrogen and oxygen atoms in total. The molecule has 0 saturated heterocycles. The summed E-state index contributed by atoms with van der Waals surface area (Å²) in [6.07, 6.45) is 0. The van der Waals surface area contributed by atoms with Gasteiger partial charge in [-0.1, -0.05) is 13.8 Å². The largest absolute Gasteiger partial charge is 0.326 e. The van der Waals surface area contributed by atoms with E-state index in [1.165, 1.54) is 11.8 Å². The van der Waals surface area contributed by atoms with Gasteiger partial charge in [0.05, 0.1) is 0 Å². The summed E-state index contributed by atoms with van der Waals surface area (Å²) in [5, 5.41) is 2.77. The van der Waals surface area contributed by atoms with Crippen LogP contribution >= 0.6 is 11.8 Å². The second-order valence-electron chi connectivity index (χ2n) is 4.08. The lowest BCUT2D eigenvalue weighted by Crippen LogP contribution is -2.25. The first-order chi connectivity index (χ1) is 8.65. The second-order valence-corrected chi connectivity index (χ2v) is 5.25. The van der Waals surface area contributed by atoms with E-state index in [4.69, 9.17) is 0 Å². The van der Waals surface area contributed by atoms with Gasteiger partial charge >= 0.3 is 0 Å². The lowest BCUT2D eigenvalue weighted by molar-refractivity contribution is -0.114. The fourth-order valence-corrected chi connectivity index (χ4v) is 2.58. The molecule has 18 heavy (non-hydrogen) atoms. The van der Waals surface area contributed by atoms with Crippen LogP contribution in [-0.2, 0) is 4.79 Å². The summed E-state index contributed by atoms with van der Waals surface area (Å²) in [5.41, 5.74) is 0.857. The first-order valence-electron chi connectivity index (χ1n) is 6.38. The zero-order chi connectivity index (χ0) is 13.4. The average Bonchev–Trinajstić information content (AvgIpc) is 2.36. The van der Waals surface area contributed by atoms with Gasteiger partial charge in [-0.25, -0.2) is 0 Å². The highest BCUT2D eigenvalue weighted by atomic mass is 32.2. The van der Waals surface area contributed by atoms with Crippen LogP contribution in [0.3, 0.4) is 0 Å². The smallest absolute Gasteiger partial charge is 0.221 e. The molecule has 0 saturated carbocycles. The van der Waals surface area contributed by atoms with E-state index >= 15 is 0 Å². The van der Waals surface area contributed by atoms with Crippen LogP contribution < -0.4 is 5.32 Å². The normalized spacial score (nSPS) is 10.7. The van der Waals surface area contributed by atoms with Crippen LogP contribution in [0.15, 0.2) is 29.2 Å². The van der Waals surface area contributed by atoms with Crippen LogP contribution in [0.5, 0.6) is 0 Å². The van der Waals surface area contributed by atoms with E-state index in [0.717, 1.165) is 31.1 Å². The van der Waals surface area contributed by atoms with Crippen LogP contribution in [0.4, 0.5) is 5.69 Å². The third-order valence-corrected chi connectivity index (χ3v) is 3.74. The first kappa shape index (κ1) is 15.1. The minimum atomic E-state index is -0.0306. The van der Waals surface area contributed by atoms with Crippen LogP contribution in [0.25, 0.3) is 0 Å². The highest BCUT2D eigenvalue weighted by Gasteiger charge is 2.00. The Kier molecular flexibility index (Phi) is 6.83. The van der Waals surface area contributed by atoms with Crippen molar-refractivity contribution in [3.8, 4) is 0 Å². The number of thioether (sulfide) groups is 1. The molecule has 0 aliphatic heterocycles. The van der Waals surface area contributed by atoms with Crippen molar-refractivity contribution >= 4 is 23.4 Å². The summed E-state index contributed by atoms with van der Waals surface area (Å²) in [6.45, 7) is 9.24. The summed E-state index contributed by atoms with van der Waals surface area (Å²) >= 11 is 1.85. The molecule has 0 heterocycles. The molecule has 0 spiro atoms. The molecule has 0 radical (unpaired) electrons. The zero-order valence-electron chi connectivity index (χ0n) is 11.4. The third kappa shape index (κ3) is 5.56. The lowest BCUT2D eigenvalue weighted by Gasteiger charge is -2.17. The molecule has 1 aromatic carbocycles. The van der Waals surface area contributed by atoms with Gasteiger partial charge in [0, 0.05) is 29.8 Å². The number of rotatable bonds is 7. The fraction of sp³-hybridized carbons (Fsp3) is 0.500. The van der Waals surface area contributed by atoms with E-state index < -0.39 is 0 Å². The number of nitrogens with one attached hydrogen (secondary N) is 1. The molecule has 1 aromatic rings. The van der Waals surface area contributed by atoms with Crippen molar-refractivity contribution in [2.45, 2.75) is 25.7 Å². The quantitative estimate of drug-likeness (QED) is 0.770. The van der Waals surface area contributed by atoms with E-state index in [2.05, 4.69) is 36.2 Å². The maximum absolute atomic E-state index is 10.9. The summed E-state index contributed by atoms with van der Waals surface area (Å²) in [4.78, 5) is 14.6. The molecule has 0 aromatic heterocycles. The van der Waals surface area contributed by atoms with Crippen molar-refractivity contribution in [3.63, 3.8) is 0 Å². The predicted octanol–water partition coefficient (Wildman–Crippen LogP) is 3.08. The van der Waals surface area contributed by atoms with Crippen LogP contribution in [0.1, 0.15) is 20.8 Å². The van der Waals surface area contributed by atoms with Crippen molar-refractivity contribution in [1.82, 2.24) is 4.90 Å². The molecule has 1 N–H and O–H groups in total. The maximum atomic E-state index is 10.9. The molecule has 0 atom stereocenters. The number of carbonyl (C=O) groups excluding carboxylic acids is 1. The van der Waals surface area contributed by atoms with Crippen molar-refractivity contribution in [1.29, 1.82) is 0 Å². The molecule has 0 bridgehead atoms. The van der Waals surface area contributed by atoms with E-state index in [0.29, 0.717) is 0 Å². The molecule has 0 aliphatic carbocycles. The van der Waals surface area contributed by atoms with Gasteiger partial charge in [-0.15, -0.1) is 11.8 Å². The number of benzene rings is 1. The highest BCUT2D eigenvalue weighted by Crippen LogP contribution is 2.20. The van der Waals surface area contributed by atoms with Crippen LogP contribution in [-0.4, -0.2) is 36.2 Å². The lowest BCUT2D eigenvalue weighted by atomic mass is 10.3. The minimum Gasteiger partial charge on any atom is -0.326 e. The Hall–Kier alpha value is -1.00. The Morgan fingerprint density at radius 3 is 2.33 bits per heavy atom. The maximum Gasteiger partial charge on any atom is 0.221 e. The molecular formula is C14H22N2OS. The summed E-state index contributed by atoms with van der Waals surface area (Å²) < 4.78 is 0. The third-order valence-electron chi connectivity index (χ3n) is 2.75. The number of amides is 1. The van der Waals surface area contributed by atoms with E-state index in [1.54, 1.807) is 0 Å². The standard InChI is InChI=1S/C14H22N2OS/c1-4-16(5-2)10-11-18-14-8-6-13(7-9-14)15-12(3)17/h6-9H,4-5,10-11H2,1-3H3,(H,15,17). The summed E-state index contributed by atoms with van der Waals surface area (Å²) in [6, 6.07) is 8.00. The Labute approximate surface area is 114 Å². The monoisotopic (exact) mass is 266 g/mol. The molecule has 1 amide bonds. The number of carbonyl (C=O) groups is 1. The summed E-state index contributed by atoms with van der Waals surface area (Å²) in [7, 11) is 0. The Bertz CT molecular complexity index is 361. The van der Waals surface area contributed by atoms with Crippen LogP contribution in [0.2, 0.25) is 0 Å². The Balaban J connectivity index is 2.37. The van der Waals surface area contributed by atoms with E-state index in [1.807, 2.05) is 23.9 Å². The van der Waals surface area contributed by atoms with E-state index in [9.17, 15) is 4.79 Å². The molecule has 1 rings (SSSR count). The molecule has 0 aliphatic rings. The van der Waals surface area contributed by atoms with Gasteiger partial charge in [0.25, 0.3) is 0 Å². The van der Waals surface area contributed by atoms with Gasteiger partial charge < -0.3 is 10.2 Å². The second kappa shape index (κ2) is 8.16. The van der Waals surface area contributed by atoms with Crippen molar-refractivity contribution < 1.29 is 4.79 Å². The molecule has 0 unspecified atom stereocenters. The zero-order valence-corrected chi connectivity index (χ0v) is 12.2. The molecule has 0 fully saturated rings. The Morgan fingerprint density at radius 1 is 1.22 bits per heavy atom. The fourth-order valence-electron chi connectivity index (χ4n) is 1.67. The number of anilines is 1. The number of hydrogen-bond acceptors (Lipinski definition) is 3. The topological polar surface area (TPSA) is 32.3 Å². The summed E-state index contributed by atoms with van der Waals surface area (Å²) in [5.74, 6) is 1.07. The van der Waals surface area contributed by atoms with Gasteiger partial charge in [0.2, 0.25) is 5.91 Å². The van der Waals surface area contributed by atoms with Crippen molar-refractivity contribution in [2.75, 3.05) is 30.7 Å². The molecular weight excluding hydrogens is 244 g/mol. The van der Waals surface area contributed by atoms with Gasteiger partial charge in [0.15, 0.2) is 0 Å². The molecule has 100 valence electrons. The van der Waals surface area contributed by atoms with Crippen LogP contribution in [0, 0.1) is 0 Å².